The number of hydrogen-bond donors (Lipinski definition) is 4. The van der Waals surface area contributed by atoms with Crippen molar-refractivity contribution in [3.8, 4) is 0 Å². The zero-order chi connectivity index (χ0) is 10.1. The third kappa shape index (κ3) is 7.70. The molecule has 0 saturated heterocycles. The Labute approximate surface area is 77.9 Å². The molecule has 0 spiro atoms. The first-order chi connectivity index (χ1) is 6.18. The highest BCUT2D eigenvalue weighted by Crippen LogP contribution is 1.91. The normalized spacial score (nSPS) is 12.8. The van der Waals surface area contributed by atoms with Gasteiger partial charge in [0.15, 0.2) is 0 Å². The highest BCUT2D eigenvalue weighted by Gasteiger charge is 2.09. The first-order valence-electron chi connectivity index (χ1n) is 4.48. The summed E-state index contributed by atoms with van der Waals surface area (Å²) in [5, 5.41) is 19.8. The second-order valence-corrected chi connectivity index (χ2v) is 2.93. The molecule has 0 bridgehead atoms. The van der Waals surface area contributed by atoms with Gasteiger partial charge in [0.2, 0.25) is 0 Å². The summed E-state index contributed by atoms with van der Waals surface area (Å²) in [6, 6.07) is -0.821. The number of hydrogen-bond acceptors (Lipinski definition) is 4. The minimum atomic E-state index is -0.983. The summed E-state index contributed by atoms with van der Waals surface area (Å²) in [7, 11) is 0. The highest BCUT2D eigenvalue weighted by atomic mass is 16.4. The summed E-state index contributed by atoms with van der Waals surface area (Å²) in [5.74, 6) is -0.983. The van der Waals surface area contributed by atoms with E-state index in [1.54, 1.807) is 0 Å². The number of aliphatic hydroxyl groups excluding tert-OH is 1. The van der Waals surface area contributed by atoms with Gasteiger partial charge in [-0.1, -0.05) is 0 Å². The molecule has 0 aliphatic heterocycles. The standard InChI is InChI=1S/C8H18N2O3/c9-7(8(12)13)6-10-4-2-1-3-5-11/h7,10-11H,1-6,9H2,(H,12,13). The number of rotatable bonds is 8. The maximum absolute atomic E-state index is 10.3. The predicted octanol–water partition coefficient (Wildman–Crippen LogP) is -0.849. The van der Waals surface area contributed by atoms with Gasteiger partial charge in [0.1, 0.15) is 6.04 Å². The first-order valence-corrected chi connectivity index (χ1v) is 4.48. The van der Waals surface area contributed by atoms with Gasteiger partial charge < -0.3 is 21.3 Å². The Morgan fingerprint density at radius 2 is 2.08 bits per heavy atom. The summed E-state index contributed by atoms with van der Waals surface area (Å²) in [6.45, 7) is 1.27. The van der Waals surface area contributed by atoms with Crippen molar-refractivity contribution < 1.29 is 15.0 Å². The van der Waals surface area contributed by atoms with Gasteiger partial charge in [-0.2, -0.15) is 0 Å². The molecule has 0 aromatic heterocycles. The van der Waals surface area contributed by atoms with Crippen LogP contribution in [0, 0.1) is 0 Å². The van der Waals surface area contributed by atoms with Gasteiger partial charge >= 0.3 is 5.97 Å². The van der Waals surface area contributed by atoms with E-state index in [2.05, 4.69) is 5.32 Å². The molecule has 0 amide bonds. The third-order valence-electron chi connectivity index (χ3n) is 1.69. The highest BCUT2D eigenvalue weighted by molar-refractivity contribution is 5.73. The second kappa shape index (κ2) is 7.97. The molecule has 0 aromatic rings. The van der Waals surface area contributed by atoms with Crippen LogP contribution in [0.25, 0.3) is 0 Å². The van der Waals surface area contributed by atoms with Crippen LogP contribution in [0.15, 0.2) is 0 Å². The zero-order valence-electron chi connectivity index (χ0n) is 7.70. The second-order valence-electron chi connectivity index (χ2n) is 2.93. The molecule has 5 N–H and O–H groups in total. The van der Waals surface area contributed by atoms with E-state index in [0.29, 0.717) is 6.54 Å². The molecule has 13 heavy (non-hydrogen) atoms. The molecule has 0 radical (unpaired) electrons. The molecular weight excluding hydrogens is 172 g/mol. The van der Waals surface area contributed by atoms with E-state index in [0.717, 1.165) is 25.8 Å². The summed E-state index contributed by atoms with van der Waals surface area (Å²) in [4.78, 5) is 10.3. The first kappa shape index (κ1) is 12.3. The lowest BCUT2D eigenvalue weighted by atomic mass is 10.2. The summed E-state index contributed by atoms with van der Waals surface area (Å²) in [6.07, 6.45) is 2.69. The molecule has 1 atom stereocenters. The van der Waals surface area contributed by atoms with Crippen molar-refractivity contribution in [2.45, 2.75) is 25.3 Å². The maximum Gasteiger partial charge on any atom is 0.321 e. The van der Waals surface area contributed by atoms with E-state index >= 15 is 0 Å². The van der Waals surface area contributed by atoms with Gasteiger partial charge in [0, 0.05) is 13.2 Å². The van der Waals surface area contributed by atoms with Crippen LogP contribution in [0.1, 0.15) is 19.3 Å². The molecule has 0 saturated carbocycles. The Hall–Kier alpha value is -0.650. The Morgan fingerprint density at radius 1 is 1.38 bits per heavy atom. The van der Waals surface area contributed by atoms with Crippen LogP contribution in [0.2, 0.25) is 0 Å². The van der Waals surface area contributed by atoms with Crippen LogP contribution in [0.5, 0.6) is 0 Å². The van der Waals surface area contributed by atoms with Gasteiger partial charge in [-0.3, -0.25) is 4.79 Å². The van der Waals surface area contributed by atoms with E-state index in [-0.39, 0.29) is 6.61 Å². The summed E-state index contributed by atoms with van der Waals surface area (Å²) < 4.78 is 0. The molecular formula is C8H18N2O3. The number of aliphatic carboxylic acids is 1. The number of carbonyl (C=O) groups is 1. The lowest BCUT2D eigenvalue weighted by Crippen LogP contribution is -2.40. The lowest BCUT2D eigenvalue weighted by molar-refractivity contribution is -0.138. The van der Waals surface area contributed by atoms with Gasteiger partial charge in [0.25, 0.3) is 0 Å². The van der Waals surface area contributed by atoms with Gasteiger partial charge in [-0.05, 0) is 25.8 Å². The average molecular weight is 190 g/mol. The van der Waals surface area contributed by atoms with E-state index in [1.807, 2.05) is 0 Å². The molecule has 0 heterocycles. The van der Waals surface area contributed by atoms with Crippen molar-refractivity contribution in [2.75, 3.05) is 19.7 Å². The molecule has 5 heteroatoms. The van der Waals surface area contributed by atoms with Crippen molar-refractivity contribution in [1.29, 1.82) is 0 Å². The van der Waals surface area contributed by atoms with Gasteiger partial charge in [-0.15, -0.1) is 0 Å². The largest absolute Gasteiger partial charge is 0.480 e. The van der Waals surface area contributed by atoms with Gasteiger partial charge in [-0.25, -0.2) is 0 Å². The molecule has 0 aliphatic rings. The van der Waals surface area contributed by atoms with Crippen LogP contribution >= 0.6 is 0 Å². The fourth-order valence-corrected chi connectivity index (χ4v) is 0.883. The minimum absolute atomic E-state index is 0.217. The van der Waals surface area contributed by atoms with E-state index in [1.165, 1.54) is 0 Å². The van der Waals surface area contributed by atoms with Crippen molar-refractivity contribution in [1.82, 2.24) is 5.32 Å². The summed E-state index contributed by atoms with van der Waals surface area (Å²) in [5.41, 5.74) is 5.26. The van der Waals surface area contributed by atoms with E-state index in [9.17, 15) is 4.79 Å². The Bertz CT molecular complexity index is 141. The number of aliphatic hydroxyl groups is 1. The Morgan fingerprint density at radius 3 is 2.62 bits per heavy atom. The van der Waals surface area contributed by atoms with E-state index < -0.39 is 12.0 Å². The van der Waals surface area contributed by atoms with Crippen LogP contribution in [0.3, 0.4) is 0 Å². The number of carboxylic acid groups (broad SMARTS) is 1. The van der Waals surface area contributed by atoms with Crippen LogP contribution in [0.4, 0.5) is 0 Å². The van der Waals surface area contributed by atoms with Crippen molar-refractivity contribution in [2.24, 2.45) is 5.73 Å². The van der Waals surface area contributed by atoms with Crippen molar-refractivity contribution in [3.05, 3.63) is 0 Å². The molecule has 1 unspecified atom stereocenters. The Kier molecular flexibility index (Phi) is 7.57. The molecule has 78 valence electrons. The molecule has 5 nitrogen and oxygen atoms in total. The Balaban J connectivity index is 3.11. The fraction of sp³-hybridized carbons (Fsp3) is 0.875. The number of nitrogens with two attached hydrogens (primary N) is 1. The van der Waals surface area contributed by atoms with Crippen LogP contribution in [-0.4, -0.2) is 41.9 Å². The monoisotopic (exact) mass is 190 g/mol. The molecule has 0 aromatic carbocycles. The predicted molar refractivity (Wildman–Crippen MR) is 49.4 cm³/mol. The van der Waals surface area contributed by atoms with Crippen LogP contribution in [-0.2, 0) is 4.79 Å². The lowest BCUT2D eigenvalue weighted by Gasteiger charge is -2.07. The third-order valence-corrected chi connectivity index (χ3v) is 1.69. The number of nitrogens with one attached hydrogen (secondary N) is 1. The number of unbranched alkanes of at least 4 members (excludes halogenated alkanes) is 2. The zero-order valence-corrected chi connectivity index (χ0v) is 7.70. The SMILES string of the molecule is NC(CNCCCCCO)C(=O)O. The molecule has 0 aliphatic carbocycles. The average Bonchev–Trinajstić information content (AvgIpc) is 2.10. The van der Waals surface area contributed by atoms with Gasteiger partial charge in [0.05, 0.1) is 0 Å². The number of carboxylic acids is 1. The van der Waals surface area contributed by atoms with Crippen LogP contribution < -0.4 is 11.1 Å². The maximum atomic E-state index is 10.3. The topological polar surface area (TPSA) is 95.6 Å². The van der Waals surface area contributed by atoms with Crippen molar-refractivity contribution >= 4 is 5.97 Å². The van der Waals surface area contributed by atoms with E-state index in [4.69, 9.17) is 15.9 Å². The molecule has 0 rings (SSSR count). The fourth-order valence-electron chi connectivity index (χ4n) is 0.883. The quantitative estimate of drug-likeness (QED) is 0.374. The minimum Gasteiger partial charge on any atom is -0.480 e. The summed E-state index contributed by atoms with van der Waals surface area (Å²) >= 11 is 0. The smallest absolute Gasteiger partial charge is 0.321 e. The molecule has 0 fully saturated rings. The van der Waals surface area contributed by atoms with Crippen molar-refractivity contribution in [3.63, 3.8) is 0 Å².